The van der Waals surface area contributed by atoms with Crippen LogP contribution in [0.2, 0.25) is 0 Å². The van der Waals surface area contributed by atoms with Crippen LogP contribution in [0.1, 0.15) is 72.1 Å². The van der Waals surface area contributed by atoms with E-state index in [9.17, 15) is 14.4 Å². The molecule has 0 spiro atoms. The van der Waals surface area contributed by atoms with Crippen LogP contribution in [-0.4, -0.2) is 23.4 Å². The topological polar surface area (TPSA) is 113 Å². The fourth-order valence-corrected chi connectivity index (χ4v) is 3.95. The van der Waals surface area contributed by atoms with Gasteiger partial charge in [-0.3, -0.25) is 25.2 Å². The van der Waals surface area contributed by atoms with Gasteiger partial charge >= 0.3 is 5.91 Å². The third-order valence-corrected chi connectivity index (χ3v) is 5.82. The maximum Gasteiger partial charge on any atom is 0.305 e. The van der Waals surface area contributed by atoms with Crippen LogP contribution in [-0.2, 0) is 6.42 Å². The molecule has 1 aromatic heterocycles. The summed E-state index contributed by atoms with van der Waals surface area (Å²) in [4.78, 5) is 37.6. The lowest BCUT2D eigenvalue weighted by atomic mass is 9.93. The van der Waals surface area contributed by atoms with Gasteiger partial charge in [-0.05, 0) is 57.4 Å². The number of hydrogen-bond acceptors (Lipinski definition) is 5. The number of aryl methyl sites for hydroxylation is 3. The highest BCUT2D eigenvalue weighted by atomic mass is 16.4. The smallest absolute Gasteiger partial charge is 0.305 e. The zero-order valence-corrected chi connectivity index (χ0v) is 19.3. The lowest BCUT2D eigenvalue weighted by molar-refractivity contribution is 0.0829. The highest BCUT2D eigenvalue weighted by Gasteiger charge is 2.28. The zero-order valence-electron chi connectivity index (χ0n) is 19.3. The fraction of sp³-hybridized carbons (Fsp3) is 0.231. The lowest BCUT2D eigenvalue weighted by Crippen LogP contribution is -2.41. The number of amides is 3. The Labute approximate surface area is 197 Å². The van der Waals surface area contributed by atoms with Crippen molar-refractivity contribution in [2.45, 2.75) is 40.0 Å². The monoisotopic (exact) mass is 458 g/mol. The summed E-state index contributed by atoms with van der Waals surface area (Å²) in [5, 5.41) is 4.35. The van der Waals surface area contributed by atoms with Crippen LogP contribution in [0.4, 0.5) is 0 Å². The van der Waals surface area contributed by atoms with Gasteiger partial charge in [-0.15, -0.1) is 0 Å². The molecule has 0 radical (unpaired) electrons. The molecule has 3 N–H and O–H groups in total. The van der Waals surface area contributed by atoms with E-state index in [0.717, 1.165) is 23.1 Å². The Morgan fingerprint density at radius 3 is 2.29 bits per heavy atom. The highest BCUT2D eigenvalue weighted by Crippen LogP contribution is 2.29. The van der Waals surface area contributed by atoms with Crippen LogP contribution < -0.4 is 16.3 Å². The lowest BCUT2D eigenvalue weighted by Gasteiger charge is -2.13. The average molecular weight is 459 g/mol. The standard InChI is InChI=1S/C26H26N4O4/c1-15-11-13-18(14-12-15)24(31)28-30-26(33)23-17(3)22-20(9-6-10-21(22)34-23)27-29-25(32)19-8-5-4-7-16(19)2/h4-5,7-8,11-14H,6,9-10H2,1-3H3,(H,28,31)(H,29,32)(H,30,33)/b27-20+. The number of benzene rings is 2. The van der Waals surface area contributed by atoms with Crippen molar-refractivity contribution >= 4 is 23.4 Å². The third-order valence-electron chi connectivity index (χ3n) is 5.82. The second-order valence-corrected chi connectivity index (χ2v) is 8.30. The van der Waals surface area contributed by atoms with E-state index in [0.29, 0.717) is 41.0 Å². The molecule has 0 bridgehead atoms. The summed E-state index contributed by atoms with van der Waals surface area (Å²) in [6.45, 7) is 5.56. The van der Waals surface area contributed by atoms with Gasteiger partial charge in [-0.2, -0.15) is 5.10 Å². The summed E-state index contributed by atoms with van der Waals surface area (Å²) in [5.41, 5.74) is 12.3. The Morgan fingerprint density at radius 2 is 1.56 bits per heavy atom. The van der Waals surface area contributed by atoms with Gasteiger partial charge in [0.05, 0.1) is 5.71 Å². The first-order chi connectivity index (χ1) is 16.3. The molecule has 0 aliphatic heterocycles. The Hall–Kier alpha value is -4.20. The summed E-state index contributed by atoms with van der Waals surface area (Å²) in [7, 11) is 0. The average Bonchev–Trinajstić information content (AvgIpc) is 3.18. The molecule has 2 aromatic carbocycles. The minimum atomic E-state index is -0.560. The fourth-order valence-electron chi connectivity index (χ4n) is 3.95. The van der Waals surface area contributed by atoms with Gasteiger partial charge in [0.2, 0.25) is 0 Å². The highest BCUT2D eigenvalue weighted by molar-refractivity contribution is 6.07. The van der Waals surface area contributed by atoms with Gasteiger partial charge in [0.15, 0.2) is 5.76 Å². The van der Waals surface area contributed by atoms with Crippen molar-refractivity contribution in [3.63, 3.8) is 0 Å². The molecule has 3 aromatic rings. The summed E-state index contributed by atoms with van der Waals surface area (Å²) >= 11 is 0. The quantitative estimate of drug-likeness (QED) is 0.517. The first kappa shape index (κ1) is 23.0. The number of furan rings is 1. The Bertz CT molecular complexity index is 1290. The van der Waals surface area contributed by atoms with Gasteiger partial charge in [0.1, 0.15) is 5.76 Å². The largest absolute Gasteiger partial charge is 0.455 e. The molecule has 1 aliphatic carbocycles. The summed E-state index contributed by atoms with van der Waals surface area (Å²) in [6.07, 6.45) is 2.08. The first-order valence-corrected chi connectivity index (χ1v) is 11.1. The maximum atomic E-state index is 12.7. The number of carbonyl (C=O) groups is 3. The van der Waals surface area contributed by atoms with Gasteiger partial charge in [-0.1, -0.05) is 35.9 Å². The number of rotatable bonds is 4. The summed E-state index contributed by atoms with van der Waals surface area (Å²) in [6, 6.07) is 14.3. The van der Waals surface area contributed by atoms with Crippen molar-refractivity contribution in [2.75, 3.05) is 0 Å². The molecule has 8 heteroatoms. The maximum absolute atomic E-state index is 12.7. The van der Waals surface area contributed by atoms with Crippen molar-refractivity contribution in [2.24, 2.45) is 5.10 Å². The zero-order chi connectivity index (χ0) is 24.2. The molecule has 4 rings (SSSR count). The SMILES string of the molecule is Cc1ccc(C(=O)NNC(=O)c2oc3c(c2C)/C(=N/NC(=O)c2ccccc2C)CCC3)cc1. The molecule has 3 amide bonds. The number of carbonyl (C=O) groups excluding carboxylic acids is 3. The molecular weight excluding hydrogens is 432 g/mol. The van der Waals surface area contributed by atoms with Crippen LogP contribution in [0.15, 0.2) is 58.0 Å². The molecule has 1 heterocycles. The van der Waals surface area contributed by atoms with Gasteiger partial charge < -0.3 is 4.42 Å². The van der Waals surface area contributed by atoms with E-state index >= 15 is 0 Å². The number of nitrogens with one attached hydrogen (secondary N) is 3. The Morgan fingerprint density at radius 1 is 0.853 bits per heavy atom. The van der Waals surface area contributed by atoms with E-state index in [1.807, 2.05) is 38.1 Å². The molecule has 34 heavy (non-hydrogen) atoms. The van der Waals surface area contributed by atoms with Gasteiger partial charge in [0, 0.05) is 28.7 Å². The predicted octanol–water partition coefficient (Wildman–Crippen LogP) is 3.75. The second-order valence-electron chi connectivity index (χ2n) is 8.30. The minimum Gasteiger partial charge on any atom is -0.455 e. The number of hydrazone groups is 1. The van der Waals surface area contributed by atoms with Gasteiger partial charge in [-0.25, -0.2) is 5.43 Å². The van der Waals surface area contributed by atoms with E-state index in [1.165, 1.54) is 0 Å². The minimum absolute atomic E-state index is 0.106. The van der Waals surface area contributed by atoms with Crippen molar-refractivity contribution in [1.82, 2.24) is 16.3 Å². The van der Waals surface area contributed by atoms with Crippen LogP contribution in [0.25, 0.3) is 0 Å². The molecule has 8 nitrogen and oxygen atoms in total. The molecule has 0 saturated heterocycles. The van der Waals surface area contributed by atoms with Crippen LogP contribution >= 0.6 is 0 Å². The molecule has 174 valence electrons. The summed E-state index contributed by atoms with van der Waals surface area (Å²) < 4.78 is 5.84. The van der Waals surface area contributed by atoms with E-state index in [4.69, 9.17) is 4.42 Å². The molecule has 0 fully saturated rings. The normalized spacial score (nSPS) is 13.8. The van der Waals surface area contributed by atoms with Gasteiger partial charge in [0.25, 0.3) is 11.8 Å². The van der Waals surface area contributed by atoms with E-state index < -0.39 is 11.8 Å². The molecule has 1 aliphatic rings. The number of hydrogen-bond donors (Lipinski definition) is 3. The van der Waals surface area contributed by atoms with Crippen molar-refractivity contribution in [3.05, 3.63) is 93.4 Å². The molecule has 0 saturated carbocycles. The van der Waals surface area contributed by atoms with Crippen LogP contribution in [0.3, 0.4) is 0 Å². The Balaban J connectivity index is 1.48. The van der Waals surface area contributed by atoms with Crippen LogP contribution in [0, 0.1) is 20.8 Å². The van der Waals surface area contributed by atoms with Crippen molar-refractivity contribution in [1.29, 1.82) is 0 Å². The van der Waals surface area contributed by atoms with Crippen molar-refractivity contribution in [3.8, 4) is 0 Å². The van der Waals surface area contributed by atoms with E-state index in [1.54, 1.807) is 31.2 Å². The molecular formula is C26H26N4O4. The Kier molecular flexibility index (Phi) is 6.58. The molecule has 0 atom stereocenters. The number of nitrogens with zero attached hydrogens (tertiary/aromatic N) is 1. The molecule has 0 unspecified atom stereocenters. The van der Waals surface area contributed by atoms with Crippen molar-refractivity contribution < 1.29 is 18.8 Å². The second kappa shape index (κ2) is 9.74. The number of hydrazine groups is 1. The van der Waals surface area contributed by atoms with E-state index in [-0.39, 0.29) is 11.7 Å². The third kappa shape index (κ3) is 4.76. The van der Waals surface area contributed by atoms with E-state index in [2.05, 4.69) is 21.4 Å². The first-order valence-electron chi connectivity index (χ1n) is 11.1. The summed E-state index contributed by atoms with van der Waals surface area (Å²) in [5.74, 6) is -0.536. The van der Waals surface area contributed by atoms with Crippen LogP contribution in [0.5, 0.6) is 0 Å². The number of fused-ring (bicyclic) bond motifs is 1. The predicted molar refractivity (Wildman–Crippen MR) is 128 cm³/mol.